The maximum Gasteiger partial charge on any atom is 0.274 e. The van der Waals surface area contributed by atoms with E-state index in [9.17, 15) is 4.79 Å². The van der Waals surface area contributed by atoms with E-state index in [0.717, 1.165) is 16.7 Å². The Hall–Kier alpha value is -5.56. The van der Waals surface area contributed by atoms with Crippen molar-refractivity contribution in [2.24, 2.45) is 7.05 Å². The monoisotopic (exact) mass is 513 g/mol. The van der Waals surface area contributed by atoms with Gasteiger partial charge in [-0.15, -0.1) is 0 Å². The van der Waals surface area contributed by atoms with Gasteiger partial charge < -0.3 is 11.1 Å². The average molecular weight is 514 g/mol. The number of para-hydroxylation sites is 1. The molecule has 6 rings (SSSR count). The number of rotatable bonds is 4. The molecule has 0 spiro atoms. The SMILES string of the molecule is CC(NC(=O)c1c(N)nc2cccnn12)c1nc2cccc(C#Cc3cnn(C)c3)c2nc1-c1ccccc1. The summed E-state index contributed by atoms with van der Waals surface area (Å²) < 4.78 is 3.13. The third kappa shape index (κ3) is 4.53. The van der Waals surface area contributed by atoms with Crippen molar-refractivity contribution in [2.75, 3.05) is 5.73 Å². The van der Waals surface area contributed by atoms with Crippen molar-refractivity contribution in [3.8, 4) is 23.1 Å². The molecule has 190 valence electrons. The molecule has 0 aliphatic heterocycles. The number of carbonyl (C=O) groups excluding carboxylic acids is 1. The van der Waals surface area contributed by atoms with Crippen molar-refractivity contribution >= 4 is 28.4 Å². The summed E-state index contributed by atoms with van der Waals surface area (Å²) in [5.41, 5.74) is 11.7. The Labute approximate surface area is 223 Å². The molecule has 1 amide bonds. The van der Waals surface area contributed by atoms with Crippen molar-refractivity contribution in [2.45, 2.75) is 13.0 Å². The number of benzene rings is 2. The Bertz CT molecular complexity index is 1910. The summed E-state index contributed by atoms with van der Waals surface area (Å²) in [5.74, 6) is 6.05. The van der Waals surface area contributed by atoms with Crippen molar-refractivity contribution in [1.29, 1.82) is 0 Å². The number of imidazole rings is 1. The molecule has 2 aromatic carbocycles. The van der Waals surface area contributed by atoms with Gasteiger partial charge in [-0.05, 0) is 31.2 Å². The molecule has 4 aromatic heterocycles. The minimum Gasteiger partial charge on any atom is -0.382 e. The third-order valence-electron chi connectivity index (χ3n) is 6.21. The van der Waals surface area contributed by atoms with E-state index in [0.29, 0.717) is 28.1 Å². The van der Waals surface area contributed by atoms with Crippen molar-refractivity contribution in [3.05, 3.63) is 102 Å². The normalized spacial score (nSPS) is 11.7. The van der Waals surface area contributed by atoms with E-state index in [2.05, 4.69) is 32.3 Å². The van der Waals surface area contributed by atoms with Gasteiger partial charge in [-0.3, -0.25) is 9.48 Å². The topological polar surface area (TPSA) is 129 Å². The summed E-state index contributed by atoms with van der Waals surface area (Å²) in [5, 5.41) is 11.4. The Balaban J connectivity index is 1.43. The first-order valence-electron chi connectivity index (χ1n) is 12.2. The Morgan fingerprint density at radius 1 is 0.974 bits per heavy atom. The molecule has 6 aromatic rings. The molecule has 0 bridgehead atoms. The number of carbonyl (C=O) groups is 1. The van der Waals surface area contributed by atoms with Crippen molar-refractivity contribution in [1.82, 2.24) is 39.7 Å². The van der Waals surface area contributed by atoms with E-state index < -0.39 is 11.9 Å². The van der Waals surface area contributed by atoms with Crippen LogP contribution in [0.3, 0.4) is 0 Å². The molecule has 39 heavy (non-hydrogen) atoms. The second-order valence-corrected chi connectivity index (χ2v) is 8.98. The molecule has 3 N–H and O–H groups in total. The summed E-state index contributed by atoms with van der Waals surface area (Å²) in [4.78, 5) is 27.6. The number of nitrogens with two attached hydrogens (primary N) is 1. The van der Waals surface area contributed by atoms with Crippen molar-refractivity contribution in [3.63, 3.8) is 0 Å². The van der Waals surface area contributed by atoms with Crippen LogP contribution in [0.2, 0.25) is 0 Å². The number of nitrogens with one attached hydrogen (secondary N) is 1. The number of aryl methyl sites for hydroxylation is 1. The van der Waals surface area contributed by atoms with Crippen LogP contribution in [-0.4, -0.2) is 40.3 Å². The summed E-state index contributed by atoms with van der Waals surface area (Å²) in [6.45, 7) is 1.86. The molecule has 0 aliphatic carbocycles. The zero-order valence-electron chi connectivity index (χ0n) is 21.2. The summed E-state index contributed by atoms with van der Waals surface area (Å²) >= 11 is 0. The lowest BCUT2D eigenvalue weighted by molar-refractivity contribution is 0.0933. The molecule has 0 saturated carbocycles. The Morgan fingerprint density at radius 2 is 1.82 bits per heavy atom. The Kier molecular flexibility index (Phi) is 5.93. The van der Waals surface area contributed by atoms with E-state index >= 15 is 0 Å². The minimum atomic E-state index is -0.511. The van der Waals surface area contributed by atoms with E-state index in [1.54, 1.807) is 29.2 Å². The quantitative estimate of drug-likeness (QED) is 0.345. The molecule has 0 radical (unpaired) electrons. The molecular formula is C29H23N9O. The molecule has 0 fully saturated rings. The number of fused-ring (bicyclic) bond motifs is 2. The van der Waals surface area contributed by atoms with Crippen molar-refractivity contribution < 1.29 is 4.79 Å². The van der Waals surface area contributed by atoms with Gasteiger partial charge in [-0.25, -0.2) is 19.5 Å². The van der Waals surface area contributed by atoms with Gasteiger partial charge in [0.05, 0.1) is 40.3 Å². The van der Waals surface area contributed by atoms with Gasteiger partial charge >= 0.3 is 0 Å². The van der Waals surface area contributed by atoms with Gasteiger partial charge in [-0.2, -0.15) is 10.2 Å². The fourth-order valence-electron chi connectivity index (χ4n) is 4.38. The number of nitrogens with zero attached hydrogens (tertiary/aromatic N) is 7. The molecule has 1 atom stereocenters. The molecule has 10 heteroatoms. The third-order valence-corrected chi connectivity index (χ3v) is 6.21. The largest absolute Gasteiger partial charge is 0.382 e. The maximum absolute atomic E-state index is 13.3. The molecule has 10 nitrogen and oxygen atoms in total. The van der Waals surface area contributed by atoms with Gasteiger partial charge in [-0.1, -0.05) is 48.2 Å². The molecule has 1 unspecified atom stereocenters. The highest BCUT2D eigenvalue weighted by molar-refractivity contribution is 5.98. The van der Waals surface area contributed by atoms with E-state index in [1.807, 2.05) is 68.7 Å². The number of nitrogen functional groups attached to an aromatic ring is 1. The first kappa shape index (κ1) is 23.8. The van der Waals surface area contributed by atoms with Gasteiger partial charge in [0.1, 0.15) is 5.52 Å². The molecule has 0 saturated heterocycles. The van der Waals surface area contributed by atoms with Gasteiger partial charge in [0.25, 0.3) is 5.91 Å². The summed E-state index contributed by atoms with van der Waals surface area (Å²) in [6, 6.07) is 18.4. The van der Waals surface area contributed by atoms with Crippen LogP contribution in [0.25, 0.3) is 27.9 Å². The first-order valence-corrected chi connectivity index (χ1v) is 12.2. The predicted molar refractivity (Wildman–Crippen MR) is 147 cm³/mol. The van der Waals surface area contributed by atoms with E-state index in [4.69, 9.17) is 15.7 Å². The van der Waals surface area contributed by atoms with Crippen LogP contribution >= 0.6 is 0 Å². The highest BCUT2D eigenvalue weighted by Gasteiger charge is 2.24. The number of hydrogen-bond donors (Lipinski definition) is 2. The van der Waals surface area contributed by atoms with Crippen LogP contribution in [0.5, 0.6) is 0 Å². The fourth-order valence-corrected chi connectivity index (χ4v) is 4.38. The maximum atomic E-state index is 13.3. The van der Waals surface area contributed by atoms with Crippen LogP contribution in [0, 0.1) is 11.8 Å². The summed E-state index contributed by atoms with van der Waals surface area (Å²) in [7, 11) is 1.85. The number of hydrogen-bond acceptors (Lipinski definition) is 7. The fraction of sp³-hybridized carbons (Fsp3) is 0.103. The molecule has 4 heterocycles. The zero-order chi connectivity index (χ0) is 26.9. The van der Waals surface area contributed by atoms with Crippen LogP contribution in [0.1, 0.15) is 40.3 Å². The van der Waals surface area contributed by atoms with E-state index in [-0.39, 0.29) is 11.5 Å². The standard InChI is InChI=1S/C29H23N9O/c1-18(33-29(39)27-28(30)35-23-12-7-15-31-38(23)27)24-26(20-8-4-3-5-9-20)36-25-21(10-6-11-22(25)34-24)14-13-19-16-32-37(2)17-19/h3-12,15-18H,30H2,1-2H3,(H,33,39). The van der Waals surface area contributed by atoms with Crippen LogP contribution in [0.4, 0.5) is 5.82 Å². The Morgan fingerprint density at radius 3 is 2.62 bits per heavy atom. The second-order valence-electron chi connectivity index (χ2n) is 8.98. The zero-order valence-corrected chi connectivity index (χ0v) is 21.2. The smallest absolute Gasteiger partial charge is 0.274 e. The van der Waals surface area contributed by atoms with E-state index in [1.165, 1.54) is 4.52 Å². The van der Waals surface area contributed by atoms with Crippen LogP contribution < -0.4 is 11.1 Å². The lowest BCUT2D eigenvalue weighted by Crippen LogP contribution is -2.29. The van der Waals surface area contributed by atoms with Crippen LogP contribution in [-0.2, 0) is 7.05 Å². The van der Waals surface area contributed by atoms with Gasteiger partial charge in [0.2, 0.25) is 0 Å². The van der Waals surface area contributed by atoms with Gasteiger partial charge in [0, 0.05) is 25.0 Å². The number of amides is 1. The van der Waals surface area contributed by atoms with Crippen LogP contribution in [0.15, 0.2) is 79.3 Å². The number of anilines is 1. The minimum absolute atomic E-state index is 0.100. The average Bonchev–Trinajstić information content (AvgIpc) is 3.52. The summed E-state index contributed by atoms with van der Waals surface area (Å²) in [6.07, 6.45) is 5.15. The highest BCUT2D eigenvalue weighted by Crippen LogP contribution is 2.29. The lowest BCUT2D eigenvalue weighted by Gasteiger charge is -2.18. The highest BCUT2D eigenvalue weighted by atomic mass is 16.2. The number of aromatic nitrogens is 7. The second kappa shape index (κ2) is 9.72. The lowest BCUT2D eigenvalue weighted by atomic mass is 10.0. The molecule has 0 aliphatic rings. The van der Waals surface area contributed by atoms with Gasteiger partial charge in [0.15, 0.2) is 17.2 Å². The first-order chi connectivity index (χ1) is 19.0. The predicted octanol–water partition coefficient (Wildman–Crippen LogP) is 3.55. The molecular weight excluding hydrogens is 490 g/mol.